The van der Waals surface area contributed by atoms with Gasteiger partial charge in [0.1, 0.15) is 17.7 Å². The summed E-state index contributed by atoms with van der Waals surface area (Å²) in [5.74, 6) is 1.69. The summed E-state index contributed by atoms with van der Waals surface area (Å²) >= 11 is 0. The third-order valence-corrected chi connectivity index (χ3v) is 6.07. The summed E-state index contributed by atoms with van der Waals surface area (Å²) in [6.45, 7) is 2.02. The quantitative estimate of drug-likeness (QED) is 0.656. The van der Waals surface area contributed by atoms with Crippen LogP contribution in [0.5, 0.6) is 0 Å². The molecule has 2 unspecified atom stereocenters. The molecule has 2 aromatic heterocycles. The van der Waals surface area contributed by atoms with Crippen LogP contribution in [-0.2, 0) is 9.53 Å². The molecular weight excluding hydrogens is 402 g/mol. The molecule has 2 fully saturated rings. The Hall–Kier alpha value is -3.32. The van der Waals surface area contributed by atoms with E-state index >= 15 is 0 Å². The number of hydrogen-bond acceptors (Lipinski definition) is 6. The Morgan fingerprint density at radius 1 is 1.06 bits per heavy atom. The number of carbonyl (C=O) groups is 1. The second-order valence-electron chi connectivity index (χ2n) is 8.35. The van der Waals surface area contributed by atoms with Gasteiger partial charge in [0.2, 0.25) is 0 Å². The molecule has 5 rings (SSSR count). The van der Waals surface area contributed by atoms with Crippen LogP contribution >= 0.6 is 0 Å². The van der Waals surface area contributed by atoms with Gasteiger partial charge in [0.25, 0.3) is 5.91 Å². The van der Waals surface area contributed by atoms with Crippen molar-refractivity contribution in [3.05, 3.63) is 66.7 Å². The second kappa shape index (κ2) is 9.44. The molecule has 0 radical (unpaired) electrons. The van der Waals surface area contributed by atoms with Gasteiger partial charge in [0.05, 0.1) is 5.69 Å². The first-order valence-electron chi connectivity index (χ1n) is 11.3. The summed E-state index contributed by atoms with van der Waals surface area (Å²) in [6.07, 6.45) is 7.03. The minimum Gasteiger partial charge on any atom is -0.368 e. The maximum atomic E-state index is 12.9. The van der Waals surface area contributed by atoms with Crippen LogP contribution in [0, 0.1) is 0 Å². The van der Waals surface area contributed by atoms with E-state index in [9.17, 15) is 4.79 Å². The van der Waals surface area contributed by atoms with Crippen molar-refractivity contribution in [3.63, 3.8) is 0 Å². The number of benzene rings is 1. The van der Waals surface area contributed by atoms with Crippen LogP contribution in [0.2, 0.25) is 0 Å². The molecule has 1 aromatic carbocycles. The van der Waals surface area contributed by atoms with Crippen LogP contribution in [0.4, 0.5) is 11.5 Å². The maximum Gasteiger partial charge on any atom is 0.251 e. The van der Waals surface area contributed by atoms with E-state index < -0.39 is 0 Å². The number of para-hydroxylation sites is 1. The molecule has 0 spiro atoms. The number of hydrogen-bond donors (Lipinski definition) is 1. The van der Waals surface area contributed by atoms with E-state index in [4.69, 9.17) is 14.7 Å². The number of carbonyl (C=O) groups excluding carboxylic acids is 1. The van der Waals surface area contributed by atoms with Gasteiger partial charge in [-0.3, -0.25) is 9.78 Å². The fraction of sp³-hybridized carbons (Fsp3) is 0.360. The van der Waals surface area contributed by atoms with Gasteiger partial charge >= 0.3 is 0 Å². The highest BCUT2D eigenvalue weighted by Gasteiger charge is 2.34. The summed E-state index contributed by atoms with van der Waals surface area (Å²) in [5, 5.41) is 3.39. The molecule has 2 aliphatic rings. The zero-order chi connectivity index (χ0) is 21.8. The van der Waals surface area contributed by atoms with E-state index in [1.165, 1.54) is 0 Å². The monoisotopic (exact) mass is 429 g/mol. The molecule has 0 aliphatic carbocycles. The number of nitrogens with one attached hydrogen (secondary N) is 1. The van der Waals surface area contributed by atoms with Gasteiger partial charge in [-0.15, -0.1) is 0 Å². The summed E-state index contributed by atoms with van der Waals surface area (Å²) in [6, 6.07) is 15.8. The molecule has 2 saturated heterocycles. The minimum absolute atomic E-state index is 0.0930. The predicted molar refractivity (Wildman–Crippen MR) is 123 cm³/mol. The molecule has 7 heteroatoms. The normalized spacial score (nSPS) is 20.8. The number of pyridine rings is 1. The van der Waals surface area contributed by atoms with E-state index in [0.717, 1.165) is 54.3 Å². The first kappa shape index (κ1) is 20.6. The first-order valence-corrected chi connectivity index (χ1v) is 11.3. The molecule has 1 amide bonds. The Morgan fingerprint density at radius 3 is 2.75 bits per heavy atom. The Bertz CT molecular complexity index is 1050. The van der Waals surface area contributed by atoms with Crippen molar-refractivity contribution in [1.29, 1.82) is 0 Å². The number of ether oxygens (including phenoxy) is 1. The summed E-state index contributed by atoms with van der Waals surface area (Å²) in [5.41, 5.74) is 2.72. The highest BCUT2D eigenvalue weighted by atomic mass is 16.5. The number of likely N-dealkylation sites (tertiary alicyclic amines) is 1. The van der Waals surface area contributed by atoms with Crippen LogP contribution in [0.25, 0.3) is 11.3 Å². The predicted octanol–water partition coefficient (Wildman–Crippen LogP) is 4.17. The Kier molecular flexibility index (Phi) is 6.07. The van der Waals surface area contributed by atoms with Gasteiger partial charge in [0, 0.05) is 55.3 Å². The number of anilines is 2. The lowest BCUT2D eigenvalue weighted by Gasteiger charge is -2.26. The van der Waals surface area contributed by atoms with Gasteiger partial charge in [-0.2, -0.15) is 0 Å². The lowest BCUT2D eigenvalue weighted by Crippen LogP contribution is -2.40. The molecule has 0 bridgehead atoms. The molecule has 4 heterocycles. The minimum atomic E-state index is -0.291. The van der Waals surface area contributed by atoms with E-state index in [-0.39, 0.29) is 17.9 Å². The standard InChI is InChI=1S/C25H27N5O2/c31-25(22-10-4-5-14-32-22)30-13-11-19(17-30)24-28-21(18-7-6-12-26-16-18)15-23(29-24)27-20-8-2-1-3-9-20/h1-3,6-9,12,15-16,19,22H,4-5,10-11,13-14,17H2,(H,27,28,29). The van der Waals surface area contributed by atoms with Crippen LogP contribution in [0.1, 0.15) is 37.4 Å². The van der Waals surface area contributed by atoms with Crippen LogP contribution < -0.4 is 5.32 Å². The van der Waals surface area contributed by atoms with Gasteiger partial charge in [0.15, 0.2) is 0 Å². The van der Waals surface area contributed by atoms with Crippen LogP contribution in [0.15, 0.2) is 60.9 Å². The lowest BCUT2D eigenvalue weighted by atomic mass is 10.1. The van der Waals surface area contributed by atoms with E-state index in [1.54, 1.807) is 6.20 Å². The molecule has 32 heavy (non-hydrogen) atoms. The maximum absolute atomic E-state index is 12.9. The topological polar surface area (TPSA) is 80.2 Å². The third-order valence-electron chi connectivity index (χ3n) is 6.07. The fourth-order valence-electron chi connectivity index (χ4n) is 4.35. The van der Waals surface area contributed by atoms with Crippen molar-refractivity contribution in [1.82, 2.24) is 19.9 Å². The van der Waals surface area contributed by atoms with Gasteiger partial charge < -0.3 is 15.0 Å². The Morgan fingerprint density at radius 2 is 1.97 bits per heavy atom. The van der Waals surface area contributed by atoms with Gasteiger partial charge in [-0.05, 0) is 49.9 Å². The summed E-state index contributed by atoms with van der Waals surface area (Å²) in [4.78, 5) is 28.8. The molecule has 3 aromatic rings. The Balaban J connectivity index is 1.40. The Labute approximate surface area is 187 Å². The van der Waals surface area contributed by atoms with Crippen molar-refractivity contribution < 1.29 is 9.53 Å². The highest BCUT2D eigenvalue weighted by molar-refractivity contribution is 5.81. The number of amides is 1. The van der Waals surface area contributed by atoms with Crippen molar-refractivity contribution in [2.24, 2.45) is 0 Å². The lowest BCUT2D eigenvalue weighted by molar-refractivity contribution is -0.145. The average Bonchev–Trinajstić information content (AvgIpc) is 3.36. The SMILES string of the molecule is O=C(C1CCCCO1)N1CCC(c2nc(Nc3ccccc3)cc(-c3cccnc3)n2)C1. The van der Waals surface area contributed by atoms with Gasteiger partial charge in [-0.25, -0.2) is 9.97 Å². The van der Waals surface area contributed by atoms with E-state index in [1.807, 2.05) is 59.6 Å². The van der Waals surface area contributed by atoms with Gasteiger partial charge in [-0.1, -0.05) is 18.2 Å². The van der Waals surface area contributed by atoms with Crippen LogP contribution in [-0.4, -0.2) is 51.6 Å². The van der Waals surface area contributed by atoms with Crippen LogP contribution in [0.3, 0.4) is 0 Å². The molecule has 0 saturated carbocycles. The van der Waals surface area contributed by atoms with Crippen molar-refractivity contribution in [2.45, 2.75) is 37.7 Å². The molecule has 1 N–H and O–H groups in total. The third kappa shape index (κ3) is 4.62. The largest absolute Gasteiger partial charge is 0.368 e. The average molecular weight is 430 g/mol. The zero-order valence-electron chi connectivity index (χ0n) is 18.0. The smallest absolute Gasteiger partial charge is 0.251 e. The molecule has 2 aliphatic heterocycles. The number of aromatic nitrogens is 3. The molecule has 7 nitrogen and oxygen atoms in total. The molecule has 2 atom stereocenters. The number of nitrogens with zero attached hydrogens (tertiary/aromatic N) is 4. The van der Waals surface area contributed by atoms with E-state index in [2.05, 4.69) is 10.3 Å². The van der Waals surface area contributed by atoms with Crippen molar-refractivity contribution >= 4 is 17.4 Å². The summed E-state index contributed by atoms with van der Waals surface area (Å²) in [7, 11) is 0. The molecular formula is C25H27N5O2. The van der Waals surface area contributed by atoms with E-state index in [0.29, 0.717) is 19.7 Å². The highest BCUT2D eigenvalue weighted by Crippen LogP contribution is 2.30. The molecule has 164 valence electrons. The van der Waals surface area contributed by atoms with Crippen molar-refractivity contribution in [3.8, 4) is 11.3 Å². The number of rotatable bonds is 5. The fourth-order valence-corrected chi connectivity index (χ4v) is 4.35. The first-order chi connectivity index (χ1) is 15.8. The zero-order valence-corrected chi connectivity index (χ0v) is 18.0. The van der Waals surface area contributed by atoms with Crippen molar-refractivity contribution in [2.75, 3.05) is 25.0 Å². The summed E-state index contributed by atoms with van der Waals surface area (Å²) < 4.78 is 5.72. The second-order valence-corrected chi connectivity index (χ2v) is 8.35.